The van der Waals surface area contributed by atoms with Crippen LogP contribution < -0.4 is 10.3 Å². The van der Waals surface area contributed by atoms with Gasteiger partial charge in [0.25, 0.3) is 0 Å². The molecule has 5 aliphatic rings. The second-order valence-corrected chi connectivity index (χ2v) is 15.0. The molecule has 5 atom stereocenters. The van der Waals surface area contributed by atoms with Gasteiger partial charge in [-0.3, -0.25) is 19.2 Å². The number of aliphatic hydroxyl groups is 2. The van der Waals surface area contributed by atoms with Crippen molar-refractivity contribution in [2.75, 3.05) is 44.4 Å². The predicted octanol–water partition coefficient (Wildman–Crippen LogP) is 4.81. The number of hydrogen-bond donors (Lipinski definition) is 2. The van der Waals surface area contributed by atoms with E-state index in [2.05, 4.69) is 4.90 Å². The second kappa shape index (κ2) is 13.6. The maximum atomic E-state index is 13.7. The lowest BCUT2D eigenvalue weighted by atomic mass is 9.51. The van der Waals surface area contributed by atoms with Crippen molar-refractivity contribution in [1.82, 2.24) is 0 Å². The average molecular weight is 736 g/mol. The van der Waals surface area contributed by atoms with Crippen LogP contribution in [-0.2, 0) is 24.5 Å². The van der Waals surface area contributed by atoms with Crippen molar-refractivity contribution in [3.63, 3.8) is 0 Å². The summed E-state index contributed by atoms with van der Waals surface area (Å²) >= 11 is 0. The number of morpholine rings is 1. The molecule has 2 aliphatic heterocycles. The third-order valence-corrected chi connectivity index (χ3v) is 12.2. The molecule has 12 heteroatoms. The molecule has 2 aromatic carbocycles. The van der Waals surface area contributed by atoms with E-state index in [0.29, 0.717) is 59.6 Å². The molecule has 1 saturated carbocycles. The summed E-state index contributed by atoms with van der Waals surface area (Å²) in [6.07, 6.45) is 1.50. The van der Waals surface area contributed by atoms with Gasteiger partial charge in [-0.05, 0) is 37.0 Å². The van der Waals surface area contributed by atoms with Crippen molar-refractivity contribution in [3.8, 4) is 11.1 Å². The molecule has 9 rings (SSSR count). The van der Waals surface area contributed by atoms with E-state index in [9.17, 15) is 34.2 Å². The van der Waals surface area contributed by atoms with E-state index in [1.54, 1.807) is 19.9 Å². The van der Waals surface area contributed by atoms with Crippen molar-refractivity contribution >= 4 is 40.2 Å². The number of ether oxygens (including phenoxy) is 2. The number of carbonyl (C=O) groups is 4. The first-order valence-electron chi connectivity index (χ1n) is 18.4. The SMILES string of the molecule is C[C@]12C[C@@H](C(=O)CO)C3=C(C(=O)c4occ5c4[C@]3(C)[C@@H](CCO)OC5=O)C1CCC2=O.O=c1cc(N2CCOCC2)oc2c(-c3ccccc3)cccc12. The van der Waals surface area contributed by atoms with Crippen molar-refractivity contribution < 1.29 is 47.7 Å². The molecule has 0 radical (unpaired) electrons. The topological polar surface area (TPSA) is 174 Å². The molecule has 2 aromatic heterocycles. The Kier molecular flexibility index (Phi) is 9.02. The monoisotopic (exact) mass is 735 g/mol. The molecule has 3 aliphatic carbocycles. The Bertz CT molecular complexity index is 2280. The number of benzene rings is 2. The molecule has 2 fully saturated rings. The Morgan fingerprint density at radius 2 is 1.72 bits per heavy atom. The van der Waals surface area contributed by atoms with Gasteiger partial charge in [0.05, 0.1) is 24.0 Å². The number of allylic oxidation sites excluding steroid dienone is 1. The number of ketones is 3. The fourth-order valence-corrected chi connectivity index (χ4v) is 9.51. The second-order valence-electron chi connectivity index (χ2n) is 15.0. The number of Topliss-reactive ketones (excluding diaryl/α,β-unsaturated/α-hetero) is 3. The van der Waals surface area contributed by atoms with Crippen molar-refractivity contribution in [2.24, 2.45) is 17.3 Å². The van der Waals surface area contributed by atoms with E-state index in [1.165, 1.54) is 6.26 Å². The summed E-state index contributed by atoms with van der Waals surface area (Å²) in [5.41, 5.74) is 2.06. The molecule has 1 saturated heterocycles. The number of furan rings is 1. The fourth-order valence-electron chi connectivity index (χ4n) is 9.51. The zero-order valence-corrected chi connectivity index (χ0v) is 30.1. The van der Waals surface area contributed by atoms with Crippen molar-refractivity contribution in [2.45, 2.75) is 51.0 Å². The summed E-state index contributed by atoms with van der Waals surface area (Å²) in [5.74, 6) is -2.11. The van der Waals surface area contributed by atoms with Crippen LogP contribution >= 0.6 is 0 Å². The van der Waals surface area contributed by atoms with Gasteiger partial charge >= 0.3 is 5.97 Å². The quantitative estimate of drug-likeness (QED) is 0.259. The van der Waals surface area contributed by atoms with Crippen LogP contribution in [-0.4, -0.2) is 79.2 Å². The first kappa shape index (κ1) is 35.8. The number of hydrogen-bond acceptors (Lipinski definition) is 12. The summed E-state index contributed by atoms with van der Waals surface area (Å²) in [4.78, 5) is 66.6. The van der Waals surface area contributed by atoms with Gasteiger partial charge in [0.1, 0.15) is 35.9 Å². The normalized spacial score (nSPS) is 27.1. The Labute approximate surface area is 310 Å². The van der Waals surface area contributed by atoms with Gasteiger partial charge in [0.15, 0.2) is 22.9 Å². The van der Waals surface area contributed by atoms with Crippen LogP contribution in [0.3, 0.4) is 0 Å². The molecule has 0 bridgehead atoms. The van der Waals surface area contributed by atoms with Crippen LogP contribution in [0.4, 0.5) is 5.88 Å². The Morgan fingerprint density at radius 1 is 0.963 bits per heavy atom. The zero-order valence-electron chi connectivity index (χ0n) is 30.1. The molecule has 0 spiro atoms. The van der Waals surface area contributed by atoms with E-state index in [-0.39, 0.29) is 47.9 Å². The highest BCUT2D eigenvalue weighted by Crippen LogP contribution is 2.62. The number of para-hydroxylation sites is 1. The third kappa shape index (κ3) is 5.41. The van der Waals surface area contributed by atoms with E-state index in [1.807, 2.05) is 48.5 Å². The molecule has 2 N–H and O–H groups in total. The van der Waals surface area contributed by atoms with Gasteiger partial charge in [0.2, 0.25) is 5.78 Å². The minimum atomic E-state index is -1.08. The lowest BCUT2D eigenvalue weighted by Gasteiger charge is -2.52. The highest BCUT2D eigenvalue weighted by atomic mass is 16.5. The molecule has 4 aromatic rings. The molecule has 4 heterocycles. The Hall–Kier alpha value is -5.17. The van der Waals surface area contributed by atoms with Gasteiger partial charge < -0.3 is 33.4 Å². The minimum absolute atomic E-state index is 0.00524. The lowest BCUT2D eigenvalue weighted by Crippen LogP contribution is -2.55. The van der Waals surface area contributed by atoms with Crippen LogP contribution in [0.2, 0.25) is 0 Å². The molecular formula is C42H41NO11. The van der Waals surface area contributed by atoms with Crippen LogP contribution in [0, 0.1) is 17.3 Å². The Balaban J connectivity index is 0.000000160. The molecule has 12 nitrogen and oxygen atoms in total. The molecule has 0 amide bonds. The van der Waals surface area contributed by atoms with Crippen LogP contribution in [0.25, 0.3) is 22.1 Å². The van der Waals surface area contributed by atoms with Gasteiger partial charge in [-0.15, -0.1) is 0 Å². The van der Waals surface area contributed by atoms with E-state index in [0.717, 1.165) is 24.2 Å². The minimum Gasteiger partial charge on any atom is -0.460 e. The molecular weight excluding hydrogens is 694 g/mol. The van der Waals surface area contributed by atoms with E-state index < -0.39 is 47.0 Å². The summed E-state index contributed by atoms with van der Waals surface area (Å²) < 4.78 is 22.7. The highest BCUT2D eigenvalue weighted by molar-refractivity contribution is 6.15. The van der Waals surface area contributed by atoms with E-state index in [4.69, 9.17) is 18.3 Å². The maximum absolute atomic E-state index is 13.7. The number of fused-ring (bicyclic) bond motifs is 4. The number of nitrogens with zero attached hydrogens (tertiary/aromatic N) is 1. The number of anilines is 1. The standard InChI is InChI=1S/C23H24O8.C19H17NO3/c1-22-7-10(13(26)8-25)17-16(12(22)3-4-14(22)27)19(28)20-18-11(9-30-20)21(29)31-15(5-6-24)23(17,18)2;21-17-13-18(20-9-11-22-12-10-20)23-19-15(7-4-8-16(17)19)14-5-2-1-3-6-14/h9-10,12,15,24-25H,3-8H2,1-2H3;1-8,13H,9-12H2/t10-,12?,15+,22-,23+;/m0./s1. The number of cyclic esters (lactones) is 1. The van der Waals surface area contributed by atoms with Gasteiger partial charge in [-0.1, -0.05) is 49.4 Å². The zero-order chi connectivity index (χ0) is 37.9. The summed E-state index contributed by atoms with van der Waals surface area (Å²) in [5, 5.41) is 20.0. The van der Waals surface area contributed by atoms with Crippen molar-refractivity contribution in [1.29, 1.82) is 0 Å². The number of rotatable bonds is 6. The summed E-state index contributed by atoms with van der Waals surface area (Å²) in [6, 6.07) is 17.3. The first-order chi connectivity index (χ1) is 26.0. The average Bonchev–Trinajstić information content (AvgIpc) is 3.78. The summed E-state index contributed by atoms with van der Waals surface area (Å²) in [7, 11) is 0. The van der Waals surface area contributed by atoms with Gasteiger partial charge in [-0.2, -0.15) is 0 Å². The van der Waals surface area contributed by atoms with Crippen LogP contribution in [0.15, 0.2) is 85.6 Å². The van der Waals surface area contributed by atoms with E-state index >= 15 is 0 Å². The molecule has 1 unspecified atom stereocenters. The van der Waals surface area contributed by atoms with Crippen LogP contribution in [0.1, 0.15) is 66.0 Å². The molecule has 54 heavy (non-hydrogen) atoms. The maximum Gasteiger partial charge on any atom is 0.342 e. The molecule has 280 valence electrons. The number of carbonyl (C=O) groups excluding carboxylic acids is 4. The number of aliphatic hydroxyl groups excluding tert-OH is 2. The lowest BCUT2D eigenvalue weighted by molar-refractivity contribution is -0.131. The Morgan fingerprint density at radius 3 is 2.44 bits per heavy atom. The first-order valence-corrected chi connectivity index (χ1v) is 18.4. The number of esters is 1. The van der Waals surface area contributed by atoms with Crippen LogP contribution in [0.5, 0.6) is 0 Å². The predicted molar refractivity (Wildman–Crippen MR) is 195 cm³/mol. The van der Waals surface area contributed by atoms with Crippen molar-refractivity contribution in [3.05, 3.63) is 99.1 Å². The highest BCUT2D eigenvalue weighted by Gasteiger charge is 2.64. The largest absolute Gasteiger partial charge is 0.460 e. The fraction of sp³-hybridized carbons (Fsp3) is 0.405. The smallest absolute Gasteiger partial charge is 0.342 e. The summed E-state index contributed by atoms with van der Waals surface area (Å²) in [6.45, 7) is 5.39. The van der Waals surface area contributed by atoms with Gasteiger partial charge in [0, 0.05) is 72.6 Å². The third-order valence-electron chi connectivity index (χ3n) is 12.2. The van der Waals surface area contributed by atoms with Gasteiger partial charge in [-0.25, -0.2) is 4.79 Å².